The lowest BCUT2D eigenvalue weighted by molar-refractivity contribution is 0.421. The van der Waals surface area contributed by atoms with Crippen LogP contribution in [0.1, 0.15) is 19.8 Å². The van der Waals surface area contributed by atoms with E-state index in [4.69, 9.17) is 28.9 Å². The number of benzene rings is 1. The number of hydrogen-bond donors (Lipinski definition) is 1. The highest BCUT2D eigenvalue weighted by atomic mass is 35.5. The van der Waals surface area contributed by atoms with Crippen molar-refractivity contribution in [2.24, 2.45) is 0 Å². The van der Waals surface area contributed by atoms with Gasteiger partial charge in [0.05, 0.1) is 15.7 Å². The third-order valence-electron chi connectivity index (χ3n) is 2.94. The van der Waals surface area contributed by atoms with E-state index in [0.29, 0.717) is 6.54 Å². The first-order chi connectivity index (χ1) is 8.39. The number of rotatable bonds is 4. The fourth-order valence-electron chi connectivity index (χ4n) is 1.86. The van der Waals surface area contributed by atoms with E-state index in [1.165, 1.54) is 16.4 Å². The molecule has 0 radical (unpaired) electrons. The predicted octanol–water partition coefficient (Wildman–Crippen LogP) is 2.75. The molecule has 2 rings (SSSR count). The van der Waals surface area contributed by atoms with Crippen LogP contribution in [0.5, 0.6) is 0 Å². The van der Waals surface area contributed by atoms with Crippen molar-refractivity contribution in [1.82, 2.24) is 4.31 Å². The van der Waals surface area contributed by atoms with Crippen molar-refractivity contribution in [1.29, 1.82) is 0 Å². The minimum absolute atomic E-state index is 0.00148. The zero-order chi connectivity index (χ0) is 13.5. The number of halogens is 2. The molecule has 0 unspecified atom stereocenters. The summed E-state index contributed by atoms with van der Waals surface area (Å²) in [6, 6.07) is 2.95. The Morgan fingerprint density at radius 2 is 2.00 bits per heavy atom. The Hall–Kier alpha value is -0.490. The Labute approximate surface area is 117 Å². The number of nitrogens with zero attached hydrogens (tertiary/aromatic N) is 1. The highest BCUT2D eigenvalue weighted by molar-refractivity contribution is 7.89. The minimum Gasteiger partial charge on any atom is -0.396 e. The lowest BCUT2D eigenvalue weighted by Crippen LogP contribution is -2.33. The summed E-state index contributed by atoms with van der Waals surface area (Å²) >= 11 is 11.8. The van der Waals surface area contributed by atoms with Gasteiger partial charge < -0.3 is 5.73 Å². The lowest BCUT2D eigenvalue weighted by atomic mass is 10.3. The van der Waals surface area contributed by atoms with Crippen LogP contribution in [0.4, 0.5) is 5.69 Å². The molecule has 2 N–H and O–H groups in total. The molecule has 0 spiro atoms. The molecule has 1 aromatic rings. The van der Waals surface area contributed by atoms with Gasteiger partial charge in [-0.15, -0.1) is 0 Å². The first-order valence-corrected chi connectivity index (χ1v) is 7.84. The Balaban J connectivity index is 2.50. The van der Waals surface area contributed by atoms with E-state index in [1.54, 1.807) is 0 Å². The van der Waals surface area contributed by atoms with E-state index in [-0.39, 0.29) is 26.7 Å². The molecule has 0 saturated heterocycles. The van der Waals surface area contributed by atoms with Gasteiger partial charge in [-0.05, 0) is 25.0 Å². The van der Waals surface area contributed by atoms with Gasteiger partial charge in [0, 0.05) is 12.6 Å². The van der Waals surface area contributed by atoms with Crippen molar-refractivity contribution in [2.45, 2.75) is 30.7 Å². The maximum absolute atomic E-state index is 12.5. The average molecular weight is 309 g/mol. The van der Waals surface area contributed by atoms with Gasteiger partial charge in [-0.2, -0.15) is 4.31 Å². The molecule has 0 atom stereocenters. The first-order valence-electron chi connectivity index (χ1n) is 5.65. The van der Waals surface area contributed by atoms with Crippen molar-refractivity contribution in [3.05, 3.63) is 22.2 Å². The summed E-state index contributed by atoms with van der Waals surface area (Å²) in [5.41, 5.74) is 5.77. The molecule has 1 fully saturated rings. The lowest BCUT2D eigenvalue weighted by Gasteiger charge is -2.21. The quantitative estimate of drug-likeness (QED) is 0.870. The molecule has 100 valence electrons. The number of sulfonamides is 1. The SMILES string of the molecule is CCN(C1CC1)S(=O)(=O)c1ccc(Cl)c(N)c1Cl. The second kappa shape index (κ2) is 4.89. The molecule has 1 aliphatic carbocycles. The average Bonchev–Trinajstić information content (AvgIpc) is 3.10. The van der Waals surface area contributed by atoms with Crippen LogP contribution in [0.25, 0.3) is 0 Å². The van der Waals surface area contributed by atoms with E-state index in [2.05, 4.69) is 0 Å². The third kappa shape index (κ3) is 2.32. The molecule has 0 aromatic heterocycles. The zero-order valence-corrected chi connectivity index (χ0v) is 12.2. The summed E-state index contributed by atoms with van der Waals surface area (Å²) in [6.45, 7) is 2.23. The van der Waals surface area contributed by atoms with Crippen LogP contribution in [0, 0.1) is 0 Å². The highest BCUT2D eigenvalue weighted by Gasteiger charge is 2.38. The normalized spacial score (nSPS) is 16.2. The number of nitrogen functional groups attached to an aromatic ring is 1. The Morgan fingerprint density at radius 1 is 1.39 bits per heavy atom. The summed E-state index contributed by atoms with van der Waals surface area (Å²) in [4.78, 5) is 0.0276. The van der Waals surface area contributed by atoms with Crippen LogP contribution < -0.4 is 5.73 Å². The molecule has 1 aliphatic rings. The maximum atomic E-state index is 12.5. The van der Waals surface area contributed by atoms with Crippen molar-refractivity contribution in [3.63, 3.8) is 0 Å². The largest absolute Gasteiger partial charge is 0.396 e. The van der Waals surface area contributed by atoms with E-state index >= 15 is 0 Å². The van der Waals surface area contributed by atoms with Crippen LogP contribution in [-0.2, 0) is 10.0 Å². The molecule has 0 amide bonds. The van der Waals surface area contributed by atoms with Crippen LogP contribution in [-0.4, -0.2) is 25.3 Å². The van der Waals surface area contributed by atoms with Gasteiger partial charge in [-0.3, -0.25) is 0 Å². The molecule has 18 heavy (non-hydrogen) atoms. The summed E-state index contributed by atoms with van der Waals surface area (Å²) in [5, 5.41) is 0.259. The van der Waals surface area contributed by atoms with Gasteiger partial charge in [0.25, 0.3) is 0 Å². The van der Waals surface area contributed by atoms with Gasteiger partial charge in [-0.1, -0.05) is 30.1 Å². The molecular formula is C11H14Cl2N2O2S. The van der Waals surface area contributed by atoms with Crippen LogP contribution in [0.3, 0.4) is 0 Å². The van der Waals surface area contributed by atoms with E-state index < -0.39 is 10.0 Å². The molecule has 0 aliphatic heterocycles. The molecule has 0 bridgehead atoms. The van der Waals surface area contributed by atoms with Gasteiger partial charge in [0.1, 0.15) is 4.90 Å². The molecule has 1 saturated carbocycles. The summed E-state index contributed by atoms with van der Waals surface area (Å²) in [6.07, 6.45) is 1.79. The van der Waals surface area contributed by atoms with Crippen LogP contribution >= 0.6 is 23.2 Å². The second-order valence-electron chi connectivity index (χ2n) is 4.21. The van der Waals surface area contributed by atoms with Gasteiger partial charge in [-0.25, -0.2) is 8.42 Å². The monoisotopic (exact) mass is 308 g/mol. The molecular weight excluding hydrogens is 295 g/mol. The van der Waals surface area contributed by atoms with Gasteiger partial charge in [0.15, 0.2) is 0 Å². The van der Waals surface area contributed by atoms with Crippen LogP contribution in [0.15, 0.2) is 17.0 Å². The first kappa shape index (κ1) is 13.9. The smallest absolute Gasteiger partial charge is 0.244 e. The number of nitrogens with two attached hydrogens (primary N) is 1. The molecule has 1 aromatic carbocycles. The van der Waals surface area contributed by atoms with Crippen molar-refractivity contribution in [3.8, 4) is 0 Å². The fraction of sp³-hybridized carbons (Fsp3) is 0.455. The molecule has 4 nitrogen and oxygen atoms in total. The van der Waals surface area contributed by atoms with E-state index in [9.17, 15) is 8.42 Å². The van der Waals surface area contributed by atoms with Gasteiger partial charge in [0.2, 0.25) is 10.0 Å². The predicted molar refractivity (Wildman–Crippen MR) is 73.5 cm³/mol. The van der Waals surface area contributed by atoms with E-state index in [0.717, 1.165) is 12.8 Å². The number of hydrogen-bond acceptors (Lipinski definition) is 3. The Morgan fingerprint density at radius 3 is 2.50 bits per heavy atom. The summed E-state index contributed by atoms with van der Waals surface area (Å²) in [7, 11) is -3.60. The third-order valence-corrected chi connectivity index (χ3v) is 5.86. The number of anilines is 1. The van der Waals surface area contributed by atoms with Crippen molar-refractivity contribution in [2.75, 3.05) is 12.3 Å². The van der Waals surface area contributed by atoms with Crippen molar-refractivity contribution >= 4 is 38.9 Å². The zero-order valence-electron chi connectivity index (χ0n) is 9.86. The second-order valence-corrected chi connectivity index (χ2v) is 6.86. The topological polar surface area (TPSA) is 63.4 Å². The molecule has 0 heterocycles. The van der Waals surface area contributed by atoms with Crippen molar-refractivity contribution < 1.29 is 8.42 Å². The highest BCUT2D eigenvalue weighted by Crippen LogP contribution is 2.37. The minimum atomic E-state index is -3.60. The van der Waals surface area contributed by atoms with E-state index in [1.807, 2.05) is 6.92 Å². The molecule has 7 heteroatoms. The van der Waals surface area contributed by atoms with Gasteiger partial charge >= 0.3 is 0 Å². The Bertz CT molecular complexity index is 571. The fourth-order valence-corrected chi connectivity index (χ4v) is 4.30. The van der Waals surface area contributed by atoms with Crippen LogP contribution in [0.2, 0.25) is 10.0 Å². The standard InChI is InChI=1S/C11H14Cl2N2O2S/c1-2-15(7-3-4-7)18(16,17)9-6-5-8(12)11(14)10(9)13/h5-7H,2-4,14H2,1H3. The maximum Gasteiger partial charge on any atom is 0.244 e. The summed E-state index contributed by atoms with van der Waals surface area (Å²) in [5.74, 6) is 0. The Kier molecular flexibility index (Phi) is 3.78. The summed E-state index contributed by atoms with van der Waals surface area (Å²) < 4.78 is 26.4.